The van der Waals surface area contributed by atoms with Crippen LogP contribution in [-0.2, 0) is 16.1 Å². The molecular formula is C18H13ClN2O3S2. The SMILES string of the molecule is O=C(O)CC1Sc2ccccc2N(Cc2nc3cc(Cl)ccc3s2)C1=O. The molecule has 132 valence electrons. The molecule has 0 bridgehead atoms. The lowest BCUT2D eigenvalue weighted by Crippen LogP contribution is -2.41. The van der Waals surface area contributed by atoms with Crippen LogP contribution in [0.25, 0.3) is 10.2 Å². The average molecular weight is 405 g/mol. The van der Waals surface area contributed by atoms with Crippen molar-refractivity contribution in [3.8, 4) is 0 Å². The third-order valence-electron chi connectivity index (χ3n) is 4.01. The zero-order valence-electron chi connectivity index (χ0n) is 13.4. The summed E-state index contributed by atoms with van der Waals surface area (Å²) in [6, 6.07) is 13.1. The molecule has 0 aliphatic carbocycles. The lowest BCUT2D eigenvalue weighted by Gasteiger charge is -2.32. The quantitative estimate of drug-likeness (QED) is 0.696. The Morgan fingerprint density at radius 3 is 2.88 bits per heavy atom. The van der Waals surface area contributed by atoms with Crippen LogP contribution < -0.4 is 4.90 Å². The Hall–Kier alpha value is -2.09. The molecule has 4 rings (SSSR count). The monoisotopic (exact) mass is 404 g/mol. The Morgan fingerprint density at radius 1 is 1.27 bits per heavy atom. The van der Waals surface area contributed by atoms with E-state index in [2.05, 4.69) is 4.98 Å². The smallest absolute Gasteiger partial charge is 0.305 e. The number of thioether (sulfide) groups is 1. The number of hydrogen-bond donors (Lipinski definition) is 1. The first-order chi connectivity index (χ1) is 12.5. The predicted molar refractivity (Wildman–Crippen MR) is 104 cm³/mol. The number of carboxylic acids is 1. The van der Waals surface area contributed by atoms with Crippen LogP contribution in [0, 0.1) is 0 Å². The number of halogens is 1. The predicted octanol–water partition coefficient (Wildman–Crippen LogP) is 4.43. The Morgan fingerprint density at radius 2 is 2.08 bits per heavy atom. The Bertz CT molecular complexity index is 1020. The summed E-state index contributed by atoms with van der Waals surface area (Å²) in [4.78, 5) is 31.1. The fourth-order valence-corrected chi connectivity index (χ4v) is 5.20. The zero-order valence-corrected chi connectivity index (χ0v) is 15.8. The fraction of sp³-hybridized carbons (Fsp3) is 0.167. The molecule has 5 nitrogen and oxygen atoms in total. The molecule has 1 aliphatic rings. The van der Waals surface area contributed by atoms with Crippen molar-refractivity contribution in [3.05, 3.63) is 52.5 Å². The van der Waals surface area contributed by atoms with Gasteiger partial charge in [0.05, 0.1) is 34.1 Å². The van der Waals surface area contributed by atoms with Gasteiger partial charge in [0.15, 0.2) is 0 Å². The van der Waals surface area contributed by atoms with Crippen molar-refractivity contribution in [1.82, 2.24) is 4.98 Å². The highest BCUT2D eigenvalue weighted by atomic mass is 35.5. The molecule has 2 heterocycles. The second-order valence-electron chi connectivity index (χ2n) is 5.82. The Balaban J connectivity index is 1.70. The summed E-state index contributed by atoms with van der Waals surface area (Å²) < 4.78 is 0.999. The van der Waals surface area contributed by atoms with Crippen LogP contribution in [0.1, 0.15) is 11.4 Å². The molecule has 2 aromatic carbocycles. The molecule has 8 heteroatoms. The number of hydrogen-bond acceptors (Lipinski definition) is 5. The number of anilines is 1. The van der Waals surface area contributed by atoms with Crippen LogP contribution in [0.3, 0.4) is 0 Å². The first-order valence-electron chi connectivity index (χ1n) is 7.85. The van der Waals surface area contributed by atoms with E-state index < -0.39 is 11.2 Å². The van der Waals surface area contributed by atoms with E-state index in [1.165, 1.54) is 23.1 Å². The maximum absolute atomic E-state index is 12.9. The van der Waals surface area contributed by atoms with Crippen molar-refractivity contribution >= 4 is 62.5 Å². The minimum atomic E-state index is -0.982. The summed E-state index contributed by atoms with van der Waals surface area (Å²) >= 11 is 8.83. The molecule has 1 unspecified atom stereocenters. The Kier molecular flexibility index (Phi) is 4.60. The van der Waals surface area contributed by atoms with Gasteiger partial charge >= 0.3 is 5.97 Å². The van der Waals surface area contributed by atoms with E-state index in [1.54, 1.807) is 11.0 Å². The second kappa shape index (κ2) is 6.90. The molecule has 3 aromatic rings. The van der Waals surface area contributed by atoms with Gasteiger partial charge in [0.2, 0.25) is 5.91 Å². The maximum atomic E-state index is 12.9. The second-order valence-corrected chi connectivity index (χ2v) is 8.61. The Labute approximate surface area is 162 Å². The van der Waals surface area contributed by atoms with Gasteiger partial charge < -0.3 is 10.0 Å². The van der Waals surface area contributed by atoms with E-state index in [0.29, 0.717) is 11.6 Å². The first kappa shape index (κ1) is 17.3. The summed E-state index contributed by atoms with van der Waals surface area (Å²) in [5.74, 6) is -1.18. The van der Waals surface area contributed by atoms with Gasteiger partial charge in [-0.05, 0) is 30.3 Å². The van der Waals surface area contributed by atoms with E-state index in [-0.39, 0.29) is 12.3 Å². The fourth-order valence-electron chi connectivity index (χ4n) is 2.88. The largest absolute Gasteiger partial charge is 0.481 e. The molecule has 1 aromatic heterocycles. The van der Waals surface area contributed by atoms with E-state index >= 15 is 0 Å². The average Bonchev–Trinajstić information content (AvgIpc) is 2.99. The minimum absolute atomic E-state index is 0.201. The topological polar surface area (TPSA) is 70.5 Å². The van der Waals surface area contributed by atoms with E-state index in [9.17, 15) is 9.59 Å². The number of carbonyl (C=O) groups excluding carboxylic acids is 1. The number of thiazole rings is 1. The number of para-hydroxylation sites is 1. The molecule has 0 saturated heterocycles. The molecular weight excluding hydrogens is 392 g/mol. The molecule has 1 N–H and O–H groups in total. The third kappa shape index (κ3) is 3.30. The summed E-state index contributed by atoms with van der Waals surface area (Å²) in [6.07, 6.45) is -0.205. The highest BCUT2D eigenvalue weighted by molar-refractivity contribution is 8.01. The molecule has 0 spiro atoms. The summed E-state index contributed by atoms with van der Waals surface area (Å²) in [7, 11) is 0. The van der Waals surface area contributed by atoms with Crippen LogP contribution in [0.5, 0.6) is 0 Å². The number of carboxylic acid groups (broad SMARTS) is 1. The third-order valence-corrected chi connectivity index (χ3v) is 6.52. The van der Waals surface area contributed by atoms with Gasteiger partial charge in [0.1, 0.15) is 5.01 Å². The van der Waals surface area contributed by atoms with Gasteiger partial charge in [0, 0.05) is 9.92 Å². The zero-order chi connectivity index (χ0) is 18.3. The van der Waals surface area contributed by atoms with Gasteiger partial charge in [-0.2, -0.15) is 0 Å². The first-order valence-corrected chi connectivity index (χ1v) is 9.92. The summed E-state index contributed by atoms with van der Waals surface area (Å²) in [5, 5.41) is 9.89. The number of carbonyl (C=O) groups is 2. The maximum Gasteiger partial charge on any atom is 0.305 e. The van der Waals surface area contributed by atoms with Crippen molar-refractivity contribution < 1.29 is 14.7 Å². The number of nitrogens with zero attached hydrogens (tertiary/aromatic N) is 2. The molecule has 26 heavy (non-hydrogen) atoms. The highest BCUT2D eigenvalue weighted by Crippen LogP contribution is 2.41. The molecule has 1 amide bonds. The number of amides is 1. The standard InChI is InChI=1S/C18H13ClN2O3S2/c19-10-5-6-13-11(7-10)20-16(26-13)9-21-12-3-1-2-4-14(12)25-15(18(21)24)8-17(22)23/h1-7,15H,8-9H2,(H,22,23). The number of fused-ring (bicyclic) bond motifs is 2. The van der Waals surface area contributed by atoms with Gasteiger partial charge in [0.25, 0.3) is 0 Å². The minimum Gasteiger partial charge on any atom is -0.481 e. The van der Waals surface area contributed by atoms with Crippen LogP contribution >= 0.6 is 34.7 Å². The van der Waals surface area contributed by atoms with Crippen molar-refractivity contribution in [2.24, 2.45) is 0 Å². The van der Waals surface area contributed by atoms with Gasteiger partial charge in [-0.3, -0.25) is 9.59 Å². The van der Waals surface area contributed by atoms with Gasteiger partial charge in [-0.25, -0.2) is 4.98 Å². The van der Waals surface area contributed by atoms with Gasteiger partial charge in [-0.1, -0.05) is 23.7 Å². The molecule has 0 fully saturated rings. The molecule has 0 radical (unpaired) electrons. The van der Waals surface area contributed by atoms with Crippen LogP contribution in [0.2, 0.25) is 5.02 Å². The summed E-state index contributed by atoms with van der Waals surface area (Å²) in [5.41, 5.74) is 1.59. The number of aromatic nitrogens is 1. The van der Waals surface area contributed by atoms with Crippen molar-refractivity contribution in [2.45, 2.75) is 23.1 Å². The number of benzene rings is 2. The summed E-state index contributed by atoms with van der Waals surface area (Å²) in [6.45, 7) is 0.309. The lowest BCUT2D eigenvalue weighted by molar-refractivity contribution is -0.138. The number of aliphatic carboxylic acids is 1. The van der Waals surface area contributed by atoms with Gasteiger partial charge in [-0.15, -0.1) is 23.1 Å². The van der Waals surface area contributed by atoms with E-state index in [0.717, 1.165) is 25.8 Å². The van der Waals surface area contributed by atoms with E-state index in [4.69, 9.17) is 16.7 Å². The van der Waals surface area contributed by atoms with Crippen LogP contribution in [0.4, 0.5) is 5.69 Å². The van der Waals surface area contributed by atoms with Crippen molar-refractivity contribution in [3.63, 3.8) is 0 Å². The lowest BCUT2D eigenvalue weighted by atomic mass is 10.2. The normalized spacial score (nSPS) is 16.7. The molecule has 1 aliphatic heterocycles. The van der Waals surface area contributed by atoms with E-state index in [1.807, 2.05) is 36.4 Å². The van der Waals surface area contributed by atoms with Crippen LogP contribution in [0.15, 0.2) is 47.4 Å². The van der Waals surface area contributed by atoms with Crippen LogP contribution in [-0.4, -0.2) is 27.2 Å². The molecule has 0 saturated carbocycles. The van der Waals surface area contributed by atoms with Crippen molar-refractivity contribution in [2.75, 3.05) is 4.90 Å². The number of rotatable bonds is 4. The molecule has 1 atom stereocenters. The van der Waals surface area contributed by atoms with Crippen molar-refractivity contribution in [1.29, 1.82) is 0 Å². The highest BCUT2D eigenvalue weighted by Gasteiger charge is 2.35.